The van der Waals surface area contributed by atoms with Gasteiger partial charge in [0.15, 0.2) is 0 Å². The first-order valence-corrected chi connectivity index (χ1v) is 13.3. The van der Waals surface area contributed by atoms with Gasteiger partial charge < -0.3 is 9.84 Å². The van der Waals surface area contributed by atoms with Gasteiger partial charge in [0.25, 0.3) is 0 Å². The Kier molecular flexibility index (Phi) is 7.22. The first kappa shape index (κ1) is 26.7. The molecule has 3 atom stereocenters. The molecule has 4 rings (SSSR count). The number of sulfone groups is 1. The quantitative estimate of drug-likeness (QED) is 0.341. The van der Waals surface area contributed by atoms with Crippen LogP contribution in [0.2, 0.25) is 0 Å². The predicted octanol–water partition coefficient (Wildman–Crippen LogP) is 3.97. The number of aliphatic hydroxyl groups is 1. The molecule has 4 aliphatic rings. The highest BCUT2D eigenvalue weighted by atomic mass is 32.2. The predicted molar refractivity (Wildman–Crippen MR) is 113 cm³/mol. The molecule has 0 aromatic heterocycles. The maximum atomic E-state index is 14.5. The van der Waals surface area contributed by atoms with Crippen LogP contribution in [0.5, 0.6) is 0 Å². The Balaban J connectivity index is 1.58. The molecule has 4 bridgehead atoms. The Bertz CT molecular complexity index is 832. The molecule has 0 amide bonds. The van der Waals surface area contributed by atoms with Crippen molar-refractivity contribution in [1.29, 1.82) is 0 Å². The number of esters is 1. The fourth-order valence-electron chi connectivity index (χ4n) is 6.76. The van der Waals surface area contributed by atoms with E-state index in [4.69, 9.17) is 4.74 Å². The second-order valence-electron chi connectivity index (χ2n) is 10.4. The number of rotatable bonds is 11. The Morgan fingerprint density at radius 1 is 1.12 bits per heavy atom. The normalized spacial score (nSPS) is 32.9. The summed E-state index contributed by atoms with van der Waals surface area (Å²) < 4.78 is 87.2. The van der Waals surface area contributed by atoms with Crippen LogP contribution in [-0.2, 0) is 19.4 Å². The number of ether oxygens (including phenoxy) is 1. The molecule has 0 aliphatic heterocycles. The van der Waals surface area contributed by atoms with Gasteiger partial charge in [0.1, 0.15) is 5.37 Å². The zero-order chi connectivity index (χ0) is 24.9. The van der Waals surface area contributed by atoms with Crippen molar-refractivity contribution in [2.75, 3.05) is 19.7 Å². The molecule has 4 saturated carbocycles. The van der Waals surface area contributed by atoms with Crippen LogP contribution >= 0.6 is 0 Å². The van der Waals surface area contributed by atoms with Gasteiger partial charge in [-0.05, 0) is 75.8 Å². The van der Waals surface area contributed by atoms with E-state index < -0.39 is 56.4 Å². The highest BCUT2D eigenvalue weighted by Gasteiger charge is 2.66. The second kappa shape index (κ2) is 8.93. The standard InChI is InChI=1S/C22H35F4NO5S/c1-4-27(5-2)15(3)33(30,31)22(25,26)21(23,24)6-7-32-18(28)13-19-9-16-8-17(10-19)12-20(29,11-16)14-19/h15-17,29H,4-14H2,1-3H3. The van der Waals surface area contributed by atoms with Crippen molar-refractivity contribution >= 4 is 15.8 Å². The smallest absolute Gasteiger partial charge is 0.408 e. The van der Waals surface area contributed by atoms with Crippen molar-refractivity contribution in [3.05, 3.63) is 0 Å². The molecule has 3 unspecified atom stereocenters. The number of alkyl halides is 4. The van der Waals surface area contributed by atoms with Gasteiger partial charge in [-0.15, -0.1) is 0 Å². The minimum atomic E-state index is -5.54. The van der Waals surface area contributed by atoms with Gasteiger partial charge in [0.2, 0.25) is 9.84 Å². The Hall–Kier alpha value is -0.940. The lowest BCUT2D eigenvalue weighted by Gasteiger charge is -2.60. The molecule has 0 saturated heterocycles. The fraction of sp³-hybridized carbons (Fsp3) is 0.955. The van der Waals surface area contributed by atoms with Gasteiger partial charge in [0.05, 0.1) is 25.0 Å². The van der Waals surface area contributed by atoms with E-state index in [1.165, 1.54) is 0 Å². The number of halogens is 4. The van der Waals surface area contributed by atoms with Crippen LogP contribution in [0.1, 0.15) is 72.1 Å². The number of carbonyl (C=O) groups is 1. The Labute approximate surface area is 193 Å². The molecule has 4 fully saturated rings. The molecular weight excluding hydrogens is 466 g/mol. The minimum absolute atomic E-state index is 0.0540. The number of carbonyl (C=O) groups excluding carboxylic acids is 1. The van der Waals surface area contributed by atoms with Gasteiger partial charge in [-0.3, -0.25) is 9.69 Å². The SMILES string of the molecule is CCN(CC)C(C)S(=O)(=O)C(F)(F)C(F)(F)CCOC(=O)CC12CC3CC(CC(O)(C3)C1)C2. The molecule has 0 aromatic rings. The van der Waals surface area contributed by atoms with E-state index >= 15 is 0 Å². The van der Waals surface area contributed by atoms with Crippen LogP contribution in [0.4, 0.5) is 17.6 Å². The molecule has 0 aromatic carbocycles. The largest absolute Gasteiger partial charge is 0.465 e. The summed E-state index contributed by atoms with van der Waals surface area (Å²) in [5, 5.41) is 3.65. The first-order chi connectivity index (χ1) is 15.1. The van der Waals surface area contributed by atoms with Crippen molar-refractivity contribution < 1.29 is 40.6 Å². The Morgan fingerprint density at radius 3 is 2.15 bits per heavy atom. The summed E-state index contributed by atoms with van der Waals surface area (Å²) in [6.07, 6.45) is 2.76. The van der Waals surface area contributed by atoms with Crippen LogP contribution < -0.4 is 0 Å². The van der Waals surface area contributed by atoms with E-state index in [9.17, 15) is 35.9 Å². The second-order valence-corrected chi connectivity index (χ2v) is 12.7. The lowest BCUT2D eigenvalue weighted by atomic mass is 9.47. The molecular formula is C22H35F4NO5S. The summed E-state index contributed by atoms with van der Waals surface area (Å²) in [5.74, 6) is -5.03. The van der Waals surface area contributed by atoms with Gasteiger partial charge in [-0.2, -0.15) is 17.6 Å². The molecule has 6 nitrogen and oxygen atoms in total. The average Bonchev–Trinajstić information content (AvgIpc) is 2.65. The summed E-state index contributed by atoms with van der Waals surface area (Å²) in [4.78, 5) is 13.5. The van der Waals surface area contributed by atoms with Crippen LogP contribution in [-0.4, -0.2) is 66.2 Å². The van der Waals surface area contributed by atoms with E-state index in [1.807, 2.05) is 0 Å². The highest BCUT2D eigenvalue weighted by Crippen LogP contribution is 2.62. The van der Waals surface area contributed by atoms with Gasteiger partial charge in [-0.25, -0.2) is 8.42 Å². The highest BCUT2D eigenvalue weighted by molar-refractivity contribution is 7.93. The van der Waals surface area contributed by atoms with Crippen molar-refractivity contribution in [3.63, 3.8) is 0 Å². The van der Waals surface area contributed by atoms with Crippen molar-refractivity contribution in [1.82, 2.24) is 4.90 Å². The zero-order valence-electron chi connectivity index (χ0n) is 19.5. The number of hydrogen-bond acceptors (Lipinski definition) is 6. The molecule has 192 valence electrons. The molecule has 0 spiro atoms. The molecule has 1 N–H and O–H groups in total. The van der Waals surface area contributed by atoms with E-state index in [2.05, 4.69) is 0 Å². The summed E-state index contributed by atoms with van der Waals surface area (Å²) in [5.41, 5.74) is -1.24. The van der Waals surface area contributed by atoms with Crippen LogP contribution in [0, 0.1) is 17.3 Å². The van der Waals surface area contributed by atoms with Crippen LogP contribution in [0.25, 0.3) is 0 Å². The van der Waals surface area contributed by atoms with E-state index in [0.717, 1.165) is 31.1 Å². The van der Waals surface area contributed by atoms with Gasteiger partial charge >= 0.3 is 17.1 Å². The summed E-state index contributed by atoms with van der Waals surface area (Å²) >= 11 is 0. The minimum Gasteiger partial charge on any atom is -0.465 e. The molecule has 11 heteroatoms. The van der Waals surface area contributed by atoms with Crippen molar-refractivity contribution in [3.8, 4) is 0 Å². The monoisotopic (exact) mass is 501 g/mol. The third kappa shape index (κ3) is 4.91. The van der Waals surface area contributed by atoms with E-state index in [-0.39, 0.29) is 19.5 Å². The van der Waals surface area contributed by atoms with Gasteiger partial charge in [-0.1, -0.05) is 13.8 Å². The summed E-state index contributed by atoms with van der Waals surface area (Å²) in [6, 6.07) is 0. The van der Waals surface area contributed by atoms with Crippen molar-refractivity contribution in [2.45, 2.75) is 94.3 Å². The summed E-state index contributed by atoms with van der Waals surface area (Å²) in [7, 11) is -5.54. The maximum absolute atomic E-state index is 14.5. The van der Waals surface area contributed by atoms with E-state index in [1.54, 1.807) is 13.8 Å². The van der Waals surface area contributed by atoms with Gasteiger partial charge in [0, 0.05) is 0 Å². The number of hydrogen-bond donors (Lipinski definition) is 1. The molecule has 0 heterocycles. The molecule has 4 aliphatic carbocycles. The Morgan fingerprint density at radius 2 is 1.67 bits per heavy atom. The van der Waals surface area contributed by atoms with E-state index in [0.29, 0.717) is 31.1 Å². The average molecular weight is 502 g/mol. The van der Waals surface area contributed by atoms with Crippen molar-refractivity contribution in [2.24, 2.45) is 17.3 Å². The molecule has 0 radical (unpaired) electrons. The zero-order valence-corrected chi connectivity index (χ0v) is 20.3. The first-order valence-electron chi connectivity index (χ1n) is 11.7. The third-order valence-electron chi connectivity index (χ3n) is 7.91. The fourth-order valence-corrected chi connectivity index (χ4v) is 8.40. The van der Waals surface area contributed by atoms with Crippen LogP contribution in [0.15, 0.2) is 0 Å². The molecule has 33 heavy (non-hydrogen) atoms. The lowest BCUT2D eigenvalue weighted by molar-refractivity contribution is -0.183. The summed E-state index contributed by atoms with van der Waals surface area (Å²) in [6.45, 7) is 3.26. The lowest BCUT2D eigenvalue weighted by Crippen LogP contribution is -2.56. The third-order valence-corrected chi connectivity index (χ3v) is 10.1. The number of nitrogens with zero attached hydrogens (tertiary/aromatic N) is 1. The van der Waals surface area contributed by atoms with Crippen LogP contribution in [0.3, 0.4) is 0 Å². The topological polar surface area (TPSA) is 83.9 Å². The maximum Gasteiger partial charge on any atom is 0.408 e.